The number of nitrogens with zero attached hydrogens (tertiary/aromatic N) is 3. The molecule has 1 heterocycles. The number of aryl methyl sites for hydroxylation is 1. The Hall–Kier alpha value is -2.14. The molecule has 0 unspecified atom stereocenters. The van der Waals surface area contributed by atoms with Crippen molar-refractivity contribution in [3.8, 4) is 0 Å². The number of carbonyl (C=O) groups is 1. The van der Waals surface area contributed by atoms with Crippen molar-refractivity contribution in [1.29, 1.82) is 0 Å². The van der Waals surface area contributed by atoms with Crippen molar-refractivity contribution in [1.82, 2.24) is 14.7 Å². The Morgan fingerprint density at radius 1 is 1.37 bits per heavy atom. The van der Waals surface area contributed by atoms with E-state index in [0.717, 1.165) is 11.1 Å². The van der Waals surface area contributed by atoms with Crippen LogP contribution in [0.2, 0.25) is 0 Å². The molecule has 2 rings (SSSR count). The predicted octanol–water partition coefficient (Wildman–Crippen LogP) is 1.15. The lowest BCUT2D eigenvalue weighted by Gasteiger charge is -2.16. The van der Waals surface area contributed by atoms with Gasteiger partial charge in [0.25, 0.3) is 5.91 Å². The lowest BCUT2D eigenvalue weighted by atomic mass is 10.1. The molecule has 2 N–H and O–H groups in total. The molecule has 2 aromatic rings. The van der Waals surface area contributed by atoms with E-state index in [4.69, 9.17) is 5.73 Å². The van der Waals surface area contributed by atoms with Gasteiger partial charge in [0.15, 0.2) is 0 Å². The van der Waals surface area contributed by atoms with Gasteiger partial charge < -0.3 is 10.6 Å². The number of hydrogen-bond donors (Lipinski definition) is 1. The van der Waals surface area contributed by atoms with Crippen LogP contribution in [0.4, 0.5) is 0 Å². The van der Waals surface area contributed by atoms with E-state index in [-0.39, 0.29) is 5.91 Å². The number of rotatable bonds is 4. The van der Waals surface area contributed by atoms with E-state index in [1.165, 1.54) is 0 Å². The molecule has 0 aliphatic carbocycles. The highest BCUT2D eigenvalue weighted by Crippen LogP contribution is 2.09. The molecule has 0 spiro atoms. The summed E-state index contributed by atoms with van der Waals surface area (Å²) in [4.78, 5) is 13.8. The first kappa shape index (κ1) is 13.3. The quantitative estimate of drug-likeness (QED) is 0.894. The third kappa shape index (κ3) is 3.20. The van der Waals surface area contributed by atoms with Crippen molar-refractivity contribution in [3.63, 3.8) is 0 Å². The van der Waals surface area contributed by atoms with E-state index in [9.17, 15) is 4.79 Å². The Bertz CT molecular complexity index is 576. The summed E-state index contributed by atoms with van der Waals surface area (Å²) in [6.45, 7) is 1.05. The van der Waals surface area contributed by atoms with Crippen LogP contribution in [0.3, 0.4) is 0 Å². The van der Waals surface area contributed by atoms with Crippen LogP contribution in [0.1, 0.15) is 21.6 Å². The molecule has 100 valence electrons. The normalized spacial score (nSPS) is 10.5. The Kier molecular flexibility index (Phi) is 3.97. The molecule has 0 bridgehead atoms. The molecule has 1 amide bonds. The minimum absolute atomic E-state index is 0.0845. The maximum atomic E-state index is 12.1. The van der Waals surface area contributed by atoms with E-state index in [1.54, 1.807) is 35.9 Å². The van der Waals surface area contributed by atoms with Gasteiger partial charge in [0.2, 0.25) is 0 Å². The van der Waals surface area contributed by atoms with E-state index in [0.29, 0.717) is 18.8 Å². The molecular weight excluding hydrogens is 240 g/mol. The fourth-order valence-corrected chi connectivity index (χ4v) is 1.93. The molecule has 0 saturated heterocycles. The second-order valence-electron chi connectivity index (χ2n) is 4.56. The van der Waals surface area contributed by atoms with E-state index in [2.05, 4.69) is 5.10 Å². The average molecular weight is 258 g/mol. The summed E-state index contributed by atoms with van der Waals surface area (Å²) >= 11 is 0. The monoisotopic (exact) mass is 258 g/mol. The van der Waals surface area contributed by atoms with Crippen molar-refractivity contribution in [2.75, 3.05) is 7.05 Å². The summed E-state index contributed by atoms with van der Waals surface area (Å²) in [7, 11) is 3.56. The highest BCUT2D eigenvalue weighted by Gasteiger charge is 2.14. The second kappa shape index (κ2) is 5.67. The summed E-state index contributed by atoms with van der Waals surface area (Å²) in [5, 5.41) is 4.11. The van der Waals surface area contributed by atoms with Crippen molar-refractivity contribution >= 4 is 5.91 Å². The van der Waals surface area contributed by atoms with Gasteiger partial charge in [0.1, 0.15) is 5.69 Å². The first-order valence-corrected chi connectivity index (χ1v) is 6.13. The van der Waals surface area contributed by atoms with Crippen LogP contribution in [0.15, 0.2) is 36.5 Å². The van der Waals surface area contributed by atoms with Gasteiger partial charge in [0, 0.05) is 33.4 Å². The smallest absolute Gasteiger partial charge is 0.274 e. The molecule has 0 radical (unpaired) electrons. The van der Waals surface area contributed by atoms with E-state index >= 15 is 0 Å². The molecule has 0 aliphatic heterocycles. The fraction of sp³-hybridized carbons (Fsp3) is 0.286. The number of hydrogen-bond acceptors (Lipinski definition) is 3. The zero-order valence-electron chi connectivity index (χ0n) is 11.2. The number of nitrogens with two attached hydrogens (primary N) is 1. The first-order valence-electron chi connectivity index (χ1n) is 6.13. The Morgan fingerprint density at radius 2 is 2.11 bits per heavy atom. The highest BCUT2D eigenvalue weighted by molar-refractivity contribution is 5.91. The third-order valence-corrected chi connectivity index (χ3v) is 2.93. The minimum atomic E-state index is -0.0845. The van der Waals surface area contributed by atoms with Crippen LogP contribution < -0.4 is 5.73 Å². The molecule has 5 heteroatoms. The number of amides is 1. The lowest BCUT2D eigenvalue weighted by Crippen LogP contribution is -2.26. The zero-order chi connectivity index (χ0) is 13.8. The van der Waals surface area contributed by atoms with Gasteiger partial charge in [-0.1, -0.05) is 24.3 Å². The number of aromatic nitrogens is 2. The average Bonchev–Trinajstić information content (AvgIpc) is 2.84. The SMILES string of the molecule is CN(Cc1cccc(CN)c1)C(=O)c1ccn(C)n1. The van der Waals surface area contributed by atoms with Gasteiger partial charge in [-0.15, -0.1) is 0 Å². The topological polar surface area (TPSA) is 64.2 Å². The van der Waals surface area contributed by atoms with Gasteiger partial charge >= 0.3 is 0 Å². The fourth-order valence-electron chi connectivity index (χ4n) is 1.93. The number of carbonyl (C=O) groups excluding carboxylic acids is 1. The summed E-state index contributed by atoms with van der Waals surface area (Å²) in [5.74, 6) is -0.0845. The van der Waals surface area contributed by atoms with Crippen molar-refractivity contribution in [3.05, 3.63) is 53.3 Å². The molecule has 19 heavy (non-hydrogen) atoms. The summed E-state index contributed by atoms with van der Waals surface area (Å²) in [5.41, 5.74) is 8.20. The Balaban J connectivity index is 2.07. The Labute approximate surface area is 112 Å². The third-order valence-electron chi connectivity index (χ3n) is 2.93. The standard InChI is InChI=1S/C14H18N4O/c1-17(14(19)13-6-7-18(2)16-13)10-12-5-3-4-11(8-12)9-15/h3-8H,9-10,15H2,1-2H3. The summed E-state index contributed by atoms with van der Waals surface area (Å²) < 4.78 is 1.62. The van der Waals surface area contributed by atoms with Gasteiger partial charge in [-0.2, -0.15) is 5.10 Å². The van der Waals surface area contributed by atoms with Crippen LogP contribution in [-0.4, -0.2) is 27.6 Å². The maximum Gasteiger partial charge on any atom is 0.274 e. The van der Waals surface area contributed by atoms with Crippen LogP contribution >= 0.6 is 0 Å². The van der Waals surface area contributed by atoms with E-state index < -0.39 is 0 Å². The maximum absolute atomic E-state index is 12.1. The molecule has 0 fully saturated rings. The number of benzene rings is 1. The molecule has 0 atom stereocenters. The molecule has 1 aromatic heterocycles. The minimum Gasteiger partial charge on any atom is -0.336 e. The summed E-state index contributed by atoms with van der Waals surface area (Å²) in [6.07, 6.45) is 1.76. The predicted molar refractivity (Wildman–Crippen MR) is 73.3 cm³/mol. The van der Waals surface area contributed by atoms with Gasteiger partial charge in [-0.25, -0.2) is 0 Å². The van der Waals surface area contributed by atoms with Crippen molar-refractivity contribution in [2.24, 2.45) is 12.8 Å². The van der Waals surface area contributed by atoms with Gasteiger partial charge in [0.05, 0.1) is 0 Å². The molecule has 5 nitrogen and oxygen atoms in total. The van der Waals surface area contributed by atoms with Crippen molar-refractivity contribution < 1.29 is 4.79 Å². The van der Waals surface area contributed by atoms with Crippen LogP contribution in [-0.2, 0) is 20.1 Å². The van der Waals surface area contributed by atoms with Gasteiger partial charge in [-0.3, -0.25) is 9.48 Å². The largest absolute Gasteiger partial charge is 0.336 e. The van der Waals surface area contributed by atoms with Crippen molar-refractivity contribution in [2.45, 2.75) is 13.1 Å². The molecule has 1 aromatic carbocycles. The molecular formula is C14H18N4O. The van der Waals surface area contributed by atoms with Crippen LogP contribution in [0.5, 0.6) is 0 Å². The van der Waals surface area contributed by atoms with E-state index in [1.807, 2.05) is 24.3 Å². The Morgan fingerprint density at radius 3 is 2.74 bits per heavy atom. The highest BCUT2D eigenvalue weighted by atomic mass is 16.2. The first-order chi connectivity index (χ1) is 9.10. The lowest BCUT2D eigenvalue weighted by molar-refractivity contribution is 0.0778. The summed E-state index contributed by atoms with van der Waals surface area (Å²) in [6, 6.07) is 9.65. The van der Waals surface area contributed by atoms with Crippen LogP contribution in [0.25, 0.3) is 0 Å². The van der Waals surface area contributed by atoms with Gasteiger partial charge in [-0.05, 0) is 17.2 Å². The zero-order valence-corrected chi connectivity index (χ0v) is 11.2. The van der Waals surface area contributed by atoms with Crippen LogP contribution in [0, 0.1) is 0 Å². The molecule has 0 aliphatic rings. The molecule has 0 saturated carbocycles. The second-order valence-corrected chi connectivity index (χ2v) is 4.56.